The molecule has 2 aromatic rings. The molecule has 1 aromatic heterocycles. The molecule has 0 radical (unpaired) electrons. The lowest BCUT2D eigenvalue weighted by Gasteiger charge is -2.20. The fourth-order valence-corrected chi connectivity index (χ4v) is 3.90. The summed E-state index contributed by atoms with van der Waals surface area (Å²) in [7, 11) is 2.20. The number of hydrogen-bond donors (Lipinski definition) is 1. The van der Waals surface area contributed by atoms with Crippen molar-refractivity contribution in [3.05, 3.63) is 50.6 Å². The molecule has 1 N–H and O–H groups in total. The Kier molecular flexibility index (Phi) is 3.91. The molecule has 100 valence electrons. The van der Waals surface area contributed by atoms with Crippen molar-refractivity contribution in [3.63, 3.8) is 0 Å². The Hall–Kier alpha value is -0.840. The summed E-state index contributed by atoms with van der Waals surface area (Å²) in [5.74, 6) is 0.600. The van der Waals surface area contributed by atoms with E-state index >= 15 is 0 Å². The molecule has 3 rings (SSSR count). The van der Waals surface area contributed by atoms with Gasteiger partial charge in [0.1, 0.15) is 0 Å². The van der Waals surface area contributed by atoms with Crippen LogP contribution in [0.1, 0.15) is 17.0 Å². The van der Waals surface area contributed by atoms with Crippen molar-refractivity contribution in [1.29, 1.82) is 0 Å². The molecule has 0 fully saturated rings. The predicted octanol–water partition coefficient (Wildman–Crippen LogP) is 4.15. The van der Waals surface area contributed by atoms with Crippen LogP contribution in [0.5, 0.6) is 0 Å². The number of benzene rings is 1. The van der Waals surface area contributed by atoms with E-state index in [0.29, 0.717) is 5.92 Å². The van der Waals surface area contributed by atoms with Crippen LogP contribution in [0.15, 0.2) is 39.5 Å². The van der Waals surface area contributed by atoms with E-state index in [1.165, 1.54) is 20.6 Å². The van der Waals surface area contributed by atoms with Crippen molar-refractivity contribution in [1.82, 2.24) is 4.90 Å². The van der Waals surface area contributed by atoms with Gasteiger partial charge in [0.2, 0.25) is 0 Å². The van der Waals surface area contributed by atoms with Crippen LogP contribution in [0.25, 0.3) is 0 Å². The lowest BCUT2D eigenvalue weighted by atomic mass is 10.0. The average molecular weight is 337 g/mol. The van der Waals surface area contributed by atoms with Crippen molar-refractivity contribution >= 4 is 33.0 Å². The third kappa shape index (κ3) is 3.02. The largest absolute Gasteiger partial charge is 0.384 e. The van der Waals surface area contributed by atoms with E-state index in [0.717, 1.165) is 19.6 Å². The Morgan fingerprint density at radius 2 is 2.26 bits per heavy atom. The van der Waals surface area contributed by atoms with Crippen LogP contribution in [0.3, 0.4) is 0 Å². The predicted molar refractivity (Wildman–Crippen MR) is 86.0 cm³/mol. The molecule has 0 aliphatic carbocycles. The summed E-state index contributed by atoms with van der Waals surface area (Å²) in [6.45, 7) is 3.16. The summed E-state index contributed by atoms with van der Waals surface area (Å²) in [6.07, 6.45) is 0. The summed E-state index contributed by atoms with van der Waals surface area (Å²) in [5, 5.41) is 5.72. The summed E-state index contributed by atoms with van der Waals surface area (Å²) in [4.78, 5) is 2.41. The highest BCUT2D eigenvalue weighted by Crippen LogP contribution is 2.31. The molecule has 1 aliphatic heterocycles. The minimum Gasteiger partial charge on any atom is -0.384 e. The van der Waals surface area contributed by atoms with E-state index in [4.69, 9.17) is 0 Å². The van der Waals surface area contributed by atoms with E-state index in [1.54, 1.807) is 11.3 Å². The average Bonchev–Trinajstić information content (AvgIpc) is 2.97. The molecule has 0 amide bonds. The van der Waals surface area contributed by atoms with Gasteiger partial charge in [-0.3, -0.25) is 0 Å². The Bertz CT molecular complexity index is 567. The molecule has 19 heavy (non-hydrogen) atoms. The molecule has 2 heterocycles. The number of likely N-dealkylation sites (N-methyl/N-ethyl adjacent to an activating group) is 1. The number of para-hydroxylation sites is 1. The molecule has 0 spiro atoms. The third-order valence-electron chi connectivity index (χ3n) is 3.55. The van der Waals surface area contributed by atoms with Gasteiger partial charge >= 0.3 is 0 Å². The van der Waals surface area contributed by atoms with Gasteiger partial charge in [0, 0.05) is 31.2 Å². The molecule has 1 atom stereocenters. The van der Waals surface area contributed by atoms with E-state index in [9.17, 15) is 0 Å². The zero-order chi connectivity index (χ0) is 13.2. The normalized spacial score (nSPS) is 17.5. The zero-order valence-electron chi connectivity index (χ0n) is 10.9. The lowest BCUT2D eigenvalue weighted by Crippen LogP contribution is -2.25. The van der Waals surface area contributed by atoms with Crippen LogP contribution in [-0.4, -0.2) is 25.0 Å². The lowest BCUT2D eigenvalue weighted by molar-refractivity contribution is 0.310. The smallest absolute Gasteiger partial charge is 0.0701 e. The van der Waals surface area contributed by atoms with Crippen molar-refractivity contribution in [2.45, 2.75) is 12.5 Å². The number of halogens is 1. The van der Waals surface area contributed by atoms with Gasteiger partial charge in [-0.1, -0.05) is 18.2 Å². The van der Waals surface area contributed by atoms with Gasteiger partial charge in [-0.25, -0.2) is 0 Å². The molecule has 1 unspecified atom stereocenters. The second kappa shape index (κ2) is 5.65. The summed E-state index contributed by atoms with van der Waals surface area (Å²) < 4.78 is 1.21. The van der Waals surface area contributed by atoms with Gasteiger partial charge in [-0.05, 0) is 51.6 Å². The first-order valence-electron chi connectivity index (χ1n) is 6.46. The van der Waals surface area contributed by atoms with Gasteiger partial charge in [-0.2, -0.15) is 0 Å². The number of nitrogens with one attached hydrogen (secondary N) is 1. The maximum absolute atomic E-state index is 3.52. The number of anilines is 1. The van der Waals surface area contributed by atoms with E-state index in [-0.39, 0.29) is 0 Å². The van der Waals surface area contributed by atoms with Crippen LogP contribution in [0, 0.1) is 0 Å². The van der Waals surface area contributed by atoms with E-state index < -0.39 is 0 Å². The molecule has 0 saturated carbocycles. The second-order valence-electron chi connectivity index (χ2n) is 5.12. The number of hydrogen-bond acceptors (Lipinski definition) is 3. The number of thiophene rings is 1. The first-order chi connectivity index (χ1) is 9.22. The van der Waals surface area contributed by atoms with Crippen LogP contribution < -0.4 is 5.32 Å². The van der Waals surface area contributed by atoms with Crippen LogP contribution in [-0.2, 0) is 6.54 Å². The van der Waals surface area contributed by atoms with Crippen molar-refractivity contribution in [3.8, 4) is 0 Å². The van der Waals surface area contributed by atoms with Crippen LogP contribution in [0.2, 0.25) is 0 Å². The highest BCUT2D eigenvalue weighted by Gasteiger charge is 2.22. The highest BCUT2D eigenvalue weighted by atomic mass is 79.9. The fourth-order valence-electron chi connectivity index (χ4n) is 2.70. The molecular formula is C15H17BrN2S. The van der Waals surface area contributed by atoms with Crippen molar-refractivity contribution < 1.29 is 0 Å². The minimum atomic E-state index is 0.600. The monoisotopic (exact) mass is 336 g/mol. The Balaban J connectivity index is 1.63. The third-order valence-corrected chi connectivity index (χ3v) is 5.10. The van der Waals surface area contributed by atoms with Crippen molar-refractivity contribution in [2.24, 2.45) is 0 Å². The summed E-state index contributed by atoms with van der Waals surface area (Å²) in [5.41, 5.74) is 4.15. The molecule has 0 saturated heterocycles. The second-order valence-corrected chi connectivity index (χ2v) is 7.41. The van der Waals surface area contributed by atoms with Gasteiger partial charge in [0.15, 0.2) is 0 Å². The first kappa shape index (κ1) is 13.2. The summed E-state index contributed by atoms with van der Waals surface area (Å²) in [6, 6.07) is 10.9. The Labute approximate surface area is 126 Å². The molecule has 0 bridgehead atoms. The Morgan fingerprint density at radius 3 is 3.05 bits per heavy atom. The number of rotatable bonds is 4. The quantitative estimate of drug-likeness (QED) is 0.902. The number of nitrogens with zero attached hydrogens (tertiary/aromatic N) is 1. The SMILES string of the molecule is CN(Cc1csc(Br)c1)CC1CNc2ccccc21. The molecule has 2 nitrogen and oxygen atoms in total. The Morgan fingerprint density at radius 1 is 1.42 bits per heavy atom. The van der Waals surface area contributed by atoms with Gasteiger partial charge in [0.25, 0.3) is 0 Å². The van der Waals surface area contributed by atoms with Gasteiger partial charge in [-0.15, -0.1) is 11.3 Å². The first-order valence-corrected chi connectivity index (χ1v) is 8.14. The van der Waals surface area contributed by atoms with E-state index in [2.05, 4.69) is 68.9 Å². The standard InChI is InChI=1S/C15H17BrN2S/c1-18(8-11-6-15(16)19-10-11)9-12-7-17-14-5-3-2-4-13(12)14/h2-6,10,12,17H,7-9H2,1H3. The van der Waals surface area contributed by atoms with Crippen LogP contribution >= 0.6 is 27.3 Å². The van der Waals surface area contributed by atoms with Crippen molar-refractivity contribution in [2.75, 3.05) is 25.5 Å². The van der Waals surface area contributed by atoms with Gasteiger partial charge in [0.05, 0.1) is 3.79 Å². The topological polar surface area (TPSA) is 15.3 Å². The molecule has 1 aliphatic rings. The van der Waals surface area contributed by atoms with E-state index in [1.807, 2.05) is 0 Å². The molecule has 1 aromatic carbocycles. The maximum Gasteiger partial charge on any atom is 0.0701 e. The van der Waals surface area contributed by atoms with Crippen LogP contribution in [0.4, 0.5) is 5.69 Å². The summed E-state index contributed by atoms with van der Waals surface area (Å²) >= 11 is 5.28. The highest BCUT2D eigenvalue weighted by molar-refractivity contribution is 9.11. The van der Waals surface area contributed by atoms with Gasteiger partial charge < -0.3 is 10.2 Å². The molecule has 4 heteroatoms. The minimum absolute atomic E-state index is 0.600. The maximum atomic E-state index is 3.52. The fraction of sp³-hybridized carbons (Fsp3) is 0.333. The number of fused-ring (bicyclic) bond motifs is 1. The molecular weight excluding hydrogens is 320 g/mol. The zero-order valence-corrected chi connectivity index (χ0v) is 13.3.